The lowest BCUT2D eigenvalue weighted by Gasteiger charge is -2.36. The van der Waals surface area contributed by atoms with Gasteiger partial charge in [-0.2, -0.15) is 13.1 Å². The second-order valence-electron chi connectivity index (χ2n) is 8.76. The van der Waals surface area contributed by atoms with Gasteiger partial charge < -0.3 is 14.2 Å². The number of rotatable bonds is 11. The van der Waals surface area contributed by atoms with Gasteiger partial charge in [-0.25, -0.2) is 8.42 Å². The Labute approximate surface area is 226 Å². The third-order valence-electron chi connectivity index (χ3n) is 6.27. The summed E-state index contributed by atoms with van der Waals surface area (Å²) in [7, 11) is -2.14. The highest BCUT2D eigenvalue weighted by Gasteiger charge is 2.30. The summed E-state index contributed by atoms with van der Waals surface area (Å²) >= 11 is 6.09. The summed E-state index contributed by atoms with van der Waals surface area (Å²) in [6.07, 6.45) is -0.260. The molecule has 1 atom stereocenters. The molecule has 1 saturated heterocycles. The van der Waals surface area contributed by atoms with Crippen LogP contribution in [0.3, 0.4) is 0 Å². The van der Waals surface area contributed by atoms with Gasteiger partial charge in [0.05, 0.1) is 24.7 Å². The Balaban J connectivity index is 1.39. The average Bonchev–Trinajstić information content (AvgIpc) is 2.92. The van der Waals surface area contributed by atoms with E-state index in [2.05, 4.69) is 9.64 Å². The lowest BCUT2D eigenvalue weighted by atomic mass is 10.1. The van der Waals surface area contributed by atoms with Crippen LogP contribution in [0.15, 0.2) is 77.7 Å². The molecule has 38 heavy (non-hydrogen) atoms. The number of ether oxygens (including phenoxy) is 3. The summed E-state index contributed by atoms with van der Waals surface area (Å²) in [4.78, 5) is 2.20. The number of methoxy groups -OCH3 is 1. The first-order chi connectivity index (χ1) is 18.2. The number of hydrogen-bond acceptors (Lipinski definition) is 6. The molecule has 3 aromatic rings. The van der Waals surface area contributed by atoms with Gasteiger partial charge in [0, 0.05) is 37.7 Å². The van der Waals surface area contributed by atoms with Crippen LogP contribution >= 0.6 is 11.6 Å². The monoisotopic (exact) mass is 566 g/mol. The molecule has 1 aliphatic heterocycles. The molecule has 0 amide bonds. The van der Waals surface area contributed by atoms with E-state index >= 15 is 0 Å². The van der Waals surface area contributed by atoms with Gasteiger partial charge in [0.25, 0.3) is 0 Å². The highest BCUT2D eigenvalue weighted by atomic mass is 35.5. The maximum Gasteiger partial charge on any atom is 0.387 e. The van der Waals surface area contributed by atoms with Crippen molar-refractivity contribution in [2.75, 3.05) is 39.8 Å². The Morgan fingerprint density at radius 2 is 1.61 bits per heavy atom. The van der Waals surface area contributed by atoms with Crippen LogP contribution in [0.25, 0.3) is 0 Å². The number of hydrogen-bond donors (Lipinski definition) is 0. The third-order valence-corrected chi connectivity index (χ3v) is 8.43. The fraction of sp³-hybridized carbons (Fsp3) is 0.333. The van der Waals surface area contributed by atoms with Crippen molar-refractivity contribution in [2.45, 2.75) is 24.2 Å². The maximum atomic E-state index is 13.1. The van der Waals surface area contributed by atoms with E-state index in [-0.39, 0.29) is 16.7 Å². The Hall–Kier alpha value is -2.76. The van der Waals surface area contributed by atoms with E-state index in [1.165, 1.54) is 28.6 Å². The molecule has 0 spiro atoms. The van der Waals surface area contributed by atoms with E-state index in [0.29, 0.717) is 44.4 Å². The van der Waals surface area contributed by atoms with E-state index in [9.17, 15) is 17.2 Å². The zero-order valence-electron chi connectivity index (χ0n) is 20.8. The fourth-order valence-corrected chi connectivity index (χ4v) is 5.77. The first-order valence-electron chi connectivity index (χ1n) is 12.0. The number of sulfonamides is 1. The Morgan fingerprint density at radius 1 is 0.921 bits per heavy atom. The Bertz CT molecular complexity index is 1290. The second-order valence-corrected chi connectivity index (χ2v) is 11.1. The fourth-order valence-electron chi connectivity index (χ4n) is 4.22. The molecular weight excluding hydrogens is 538 g/mol. The van der Waals surface area contributed by atoms with Crippen LogP contribution in [0, 0.1) is 0 Å². The molecule has 4 rings (SSSR count). The maximum absolute atomic E-state index is 13.1. The highest BCUT2D eigenvalue weighted by molar-refractivity contribution is 7.89. The van der Waals surface area contributed by atoms with Crippen LogP contribution in [0.1, 0.15) is 17.2 Å². The minimum atomic E-state index is -3.76. The third kappa shape index (κ3) is 7.42. The lowest BCUT2D eigenvalue weighted by Crippen LogP contribution is -2.49. The van der Waals surface area contributed by atoms with Gasteiger partial charge >= 0.3 is 6.61 Å². The standard InChI is InChI=1S/C27H29ClF2N2O5S/c1-35-24-4-2-3-20(17-24)19-36-26(21-5-7-22(28)8-6-21)18-31-13-15-32(16-14-31)38(33,34)25-11-9-23(10-12-25)37-27(29)30/h2-12,17,26-27H,13-16,18-19H2,1H3/t26-/m0/s1. The Morgan fingerprint density at radius 3 is 2.24 bits per heavy atom. The largest absolute Gasteiger partial charge is 0.497 e. The molecule has 7 nitrogen and oxygen atoms in total. The van der Waals surface area contributed by atoms with Crippen molar-refractivity contribution in [3.05, 3.63) is 88.9 Å². The predicted octanol–water partition coefficient (Wildman–Crippen LogP) is 5.21. The molecule has 0 saturated carbocycles. The zero-order chi connectivity index (χ0) is 27.1. The lowest BCUT2D eigenvalue weighted by molar-refractivity contribution is -0.0498. The summed E-state index contributed by atoms with van der Waals surface area (Å²) in [6.45, 7) is -0.413. The van der Waals surface area contributed by atoms with Crippen molar-refractivity contribution in [1.82, 2.24) is 9.21 Å². The van der Waals surface area contributed by atoms with Crippen LogP contribution in [-0.2, 0) is 21.4 Å². The van der Waals surface area contributed by atoms with Gasteiger partial charge in [-0.3, -0.25) is 4.90 Å². The molecular formula is C27H29ClF2N2O5S. The minimum Gasteiger partial charge on any atom is -0.497 e. The second kappa shape index (κ2) is 12.9. The topological polar surface area (TPSA) is 68.3 Å². The number of piperazine rings is 1. The summed E-state index contributed by atoms with van der Waals surface area (Å²) in [5.74, 6) is 0.661. The van der Waals surface area contributed by atoms with E-state index in [4.69, 9.17) is 21.1 Å². The molecule has 0 aromatic heterocycles. The van der Waals surface area contributed by atoms with Gasteiger partial charge in [-0.15, -0.1) is 0 Å². The molecule has 0 unspecified atom stereocenters. The molecule has 1 aliphatic rings. The number of alkyl halides is 2. The molecule has 3 aromatic carbocycles. The molecule has 0 radical (unpaired) electrons. The summed E-state index contributed by atoms with van der Waals surface area (Å²) in [5.41, 5.74) is 1.95. The van der Waals surface area contributed by atoms with Gasteiger partial charge in [0.2, 0.25) is 10.0 Å². The van der Waals surface area contributed by atoms with Crippen molar-refractivity contribution in [1.29, 1.82) is 0 Å². The van der Waals surface area contributed by atoms with Gasteiger partial charge in [0.15, 0.2) is 0 Å². The van der Waals surface area contributed by atoms with Crippen molar-refractivity contribution in [2.24, 2.45) is 0 Å². The van der Waals surface area contributed by atoms with Crippen molar-refractivity contribution >= 4 is 21.6 Å². The molecule has 1 heterocycles. The van der Waals surface area contributed by atoms with E-state index < -0.39 is 16.6 Å². The zero-order valence-corrected chi connectivity index (χ0v) is 22.4. The first kappa shape index (κ1) is 28.3. The van der Waals surface area contributed by atoms with E-state index in [1.54, 1.807) is 7.11 Å². The Kier molecular flexibility index (Phi) is 9.56. The number of halogens is 3. The first-order valence-corrected chi connectivity index (χ1v) is 13.8. The summed E-state index contributed by atoms with van der Waals surface area (Å²) in [5, 5.41) is 0.632. The molecule has 1 fully saturated rings. The summed E-state index contributed by atoms with van der Waals surface area (Å²) < 4.78 is 68.3. The van der Waals surface area contributed by atoms with Crippen LogP contribution in [0.5, 0.6) is 11.5 Å². The summed E-state index contributed by atoms with van der Waals surface area (Å²) in [6, 6.07) is 20.2. The van der Waals surface area contributed by atoms with E-state index in [0.717, 1.165) is 16.9 Å². The highest BCUT2D eigenvalue weighted by Crippen LogP contribution is 2.26. The SMILES string of the molecule is COc1cccc(CO[C@@H](CN2CCN(S(=O)(=O)c3ccc(OC(F)F)cc3)CC2)c2ccc(Cl)cc2)c1. The minimum absolute atomic E-state index is 0.0354. The molecule has 0 aliphatic carbocycles. The van der Waals surface area contributed by atoms with Crippen molar-refractivity contribution in [3.63, 3.8) is 0 Å². The average molecular weight is 567 g/mol. The molecule has 11 heteroatoms. The van der Waals surface area contributed by atoms with Gasteiger partial charge in [-0.05, 0) is 59.7 Å². The predicted molar refractivity (Wildman–Crippen MR) is 140 cm³/mol. The van der Waals surface area contributed by atoms with Crippen LogP contribution in [-0.4, -0.2) is 64.1 Å². The van der Waals surface area contributed by atoms with Gasteiger partial charge in [-0.1, -0.05) is 35.9 Å². The normalized spacial score (nSPS) is 15.9. The molecule has 204 valence electrons. The van der Waals surface area contributed by atoms with Crippen molar-refractivity contribution < 1.29 is 31.4 Å². The number of benzene rings is 3. The van der Waals surface area contributed by atoms with Gasteiger partial charge in [0.1, 0.15) is 11.5 Å². The smallest absolute Gasteiger partial charge is 0.387 e. The molecule has 0 bridgehead atoms. The van der Waals surface area contributed by atoms with Crippen LogP contribution < -0.4 is 9.47 Å². The van der Waals surface area contributed by atoms with Crippen LogP contribution in [0.2, 0.25) is 5.02 Å². The van der Waals surface area contributed by atoms with E-state index in [1.807, 2.05) is 48.5 Å². The van der Waals surface area contributed by atoms with Crippen molar-refractivity contribution in [3.8, 4) is 11.5 Å². The number of nitrogens with zero attached hydrogens (tertiary/aromatic N) is 2. The quantitative estimate of drug-likeness (QED) is 0.317. The van der Waals surface area contributed by atoms with Crippen LogP contribution in [0.4, 0.5) is 8.78 Å². The molecule has 0 N–H and O–H groups in total.